The Bertz CT molecular complexity index is 985. The fourth-order valence-electron chi connectivity index (χ4n) is 3.95. The van der Waals surface area contributed by atoms with Gasteiger partial charge in [0.2, 0.25) is 0 Å². The first kappa shape index (κ1) is 16.5. The van der Waals surface area contributed by atoms with E-state index in [-0.39, 0.29) is 6.04 Å². The minimum atomic E-state index is 0.189. The monoisotopic (exact) mass is 372 g/mol. The summed E-state index contributed by atoms with van der Waals surface area (Å²) in [5.41, 5.74) is 4.87. The van der Waals surface area contributed by atoms with Crippen LogP contribution in [0.3, 0.4) is 0 Å². The molecule has 2 heterocycles. The third kappa shape index (κ3) is 2.81. The van der Waals surface area contributed by atoms with Crippen LogP contribution < -0.4 is 9.75 Å². The van der Waals surface area contributed by atoms with Crippen molar-refractivity contribution in [3.05, 3.63) is 90.0 Å². The van der Waals surface area contributed by atoms with E-state index in [0.29, 0.717) is 5.92 Å². The predicted molar refractivity (Wildman–Crippen MR) is 112 cm³/mol. The number of methoxy groups -OCH3 is 1. The Morgan fingerprint density at radius 1 is 0.926 bits per heavy atom. The van der Waals surface area contributed by atoms with Crippen LogP contribution in [0.15, 0.2) is 88.9 Å². The van der Waals surface area contributed by atoms with Crippen LogP contribution in [-0.4, -0.2) is 18.6 Å². The number of ether oxygens (including phenoxy) is 1. The van der Waals surface area contributed by atoms with Crippen molar-refractivity contribution in [2.75, 3.05) is 17.9 Å². The molecule has 2 aliphatic heterocycles. The lowest BCUT2D eigenvalue weighted by Gasteiger charge is -2.30. The van der Waals surface area contributed by atoms with E-state index in [1.54, 1.807) is 7.11 Å². The average Bonchev–Trinajstić information content (AvgIpc) is 3.14. The van der Waals surface area contributed by atoms with E-state index in [2.05, 4.69) is 65.7 Å². The van der Waals surface area contributed by atoms with Gasteiger partial charge in [0.15, 0.2) is 0 Å². The van der Waals surface area contributed by atoms with Crippen molar-refractivity contribution in [3.8, 4) is 5.75 Å². The molecule has 27 heavy (non-hydrogen) atoms. The molecule has 3 aromatic rings. The lowest BCUT2D eigenvalue weighted by atomic mass is 9.88. The summed E-state index contributed by atoms with van der Waals surface area (Å²) < 4.78 is 5.35. The van der Waals surface area contributed by atoms with Crippen LogP contribution in [-0.2, 0) is 0 Å². The molecule has 0 unspecified atom stereocenters. The quantitative estimate of drug-likeness (QED) is 0.617. The number of nitrogens with zero attached hydrogens (tertiary/aromatic N) is 2. The van der Waals surface area contributed by atoms with Crippen molar-refractivity contribution in [3.63, 3.8) is 0 Å². The molecule has 5 rings (SSSR count). The Kier molecular flexibility index (Phi) is 4.13. The number of thioether (sulfide) groups is 1. The van der Waals surface area contributed by atoms with Gasteiger partial charge in [0, 0.05) is 22.1 Å². The molecule has 0 bridgehead atoms. The highest BCUT2D eigenvalue weighted by atomic mass is 32.2. The topological polar surface area (TPSA) is 24.8 Å². The standard InChI is InChI=1S/C23H20N2OS/c1-26-18-13-11-16(12-14-18)23-20-15-27-21-10-6-5-9-19(21)22(20)24-25(23)17-7-3-2-4-8-17/h2-14,20,23H,15H2,1H3/t20-,23-/m1/s1. The molecule has 0 fully saturated rings. The van der Waals surface area contributed by atoms with Gasteiger partial charge >= 0.3 is 0 Å². The van der Waals surface area contributed by atoms with Gasteiger partial charge in [0.1, 0.15) is 5.75 Å². The highest BCUT2D eigenvalue weighted by molar-refractivity contribution is 7.99. The zero-order chi connectivity index (χ0) is 18.2. The fourth-order valence-corrected chi connectivity index (χ4v) is 5.16. The van der Waals surface area contributed by atoms with Crippen LogP contribution >= 0.6 is 11.8 Å². The van der Waals surface area contributed by atoms with Gasteiger partial charge in [0.05, 0.1) is 24.6 Å². The molecule has 0 aromatic heterocycles. The van der Waals surface area contributed by atoms with Gasteiger partial charge < -0.3 is 4.74 Å². The summed E-state index contributed by atoms with van der Waals surface area (Å²) >= 11 is 1.94. The molecule has 2 aliphatic rings. The van der Waals surface area contributed by atoms with Crippen molar-refractivity contribution >= 4 is 23.2 Å². The maximum atomic E-state index is 5.35. The summed E-state index contributed by atoms with van der Waals surface area (Å²) in [7, 11) is 1.71. The fraction of sp³-hybridized carbons (Fsp3) is 0.174. The molecule has 0 aliphatic carbocycles. The maximum absolute atomic E-state index is 5.35. The minimum Gasteiger partial charge on any atom is -0.497 e. The molecule has 0 spiro atoms. The molecule has 3 nitrogen and oxygen atoms in total. The van der Waals surface area contributed by atoms with E-state index in [9.17, 15) is 0 Å². The van der Waals surface area contributed by atoms with Gasteiger partial charge in [-0.15, -0.1) is 11.8 Å². The van der Waals surface area contributed by atoms with Crippen molar-refractivity contribution in [1.29, 1.82) is 0 Å². The maximum Gasteiger partial charge on any atom is 0.118 e. The average molecular weight is 372 g/mol. The number of rotatable bonds is 3. The second-order valence-electron chi connectivity index (χ2n) is 6.80. The Hall–Kier alpha value is -2.72. The second kappa shape index (κ2) is 6.78. The molecular formula is C23H20N2OS. The normalized spacial score (nSPS) is 20.6. The first-order valence-electron chi connectivity index (χ1n) is 9.14. The third-order valence-electron chi connectivity index (χ3n) is 5.27. The third-order valence-corrected chi connectivity index (χ3v) is 6.46. The largest absolute Gasteiger partial charge is 0.497 e. The number of para-hydroxylation sites is 1. The molecule has 134 valence electrons. The molecule has 3 aromatic carbocycles. The first-order valence-corrected chi connectivity index (χ1v) is 10.1. The van der Waals surface area contributed by atoms with E-state index < -0.39 is 0 Å². The van der Waals surface area contributed by atoms with Crippen LogP contribution in [0.1, 0.15) is 17.2 Å². The second-order valence-corrected chi connectivity index (χ2v) is 7.86. The van der Waals surface area contributed by atoms with E-state index in [1.807, 2.05) is 30.0 Å². The molecule has 0 N–H and O–H groups in total. The van der Waals surface area contributed by atoms with Gasteiger partial charge in [-0.1, -0.05) is 48.5 Å². The molecule has 0 saturated heterocycles. The lowest BCUT2D eigenvalue weighted by molar-refractivity contribution is 0.414. The minimum absolute atomic E-state index is 0.189. The Balaban J connectivity index is 1.62. The summed E-state index contributed by atoms with van der Waals surface area (Å²) in [6.07, 6.45) is 0. The summed E-state index contributed by atoms with van der Waals surface area (Å²) in [4.78, 5) is 1.33. The van der Waals surface area contributed by atoms with Gasteiger partial charge in [-0.2, -0.15) is 5.10 Å². The number of hydrazone groups is 1. The summed E-state index contributed by atoms with van der Waals surface area (Å²) in [6, 6.07) is 27.7. The van der Waals surface area contributed by atoms with Crippen molar-refractivity contribution in [2.24, 2.45) is 11.0 Å². The molecule has 0 saturated carbocycles. The van der Waals surface area contributed by atoms with Crippen molar-refractivity contribution in [1.82, 2.24) is 0 Å². The van der Waals surface area contributed by atoms with E-state index in [0.717, 1.165) is 17.2 Å². The Labute approximate surface area is 163 Å². The van der Waals surface area contributed by atoms with Gasteiger partial charge in [-0.05, 0) is 35.9 Å². The Morgan fingerprint density at radius 3 is 2.44 bits per heavy atom. The molecule has 4 heteroatoms. The number of anilines is 1. The lowest BCUT2D eigenvalue weighted by Crippen LogP contribution is -2.29. The van der Waals surface area contributed by atoms with Gasteiger partial charge in [-0.25, -0.2) is 0 Å². The van der Waals surface area contributed by atoms with Crippen molar-refractivity contribution in [2.45, 2.75) is 10.9 Å². The van der Waals surface area contributed by atoms with Crippen LogP contribution in [0.5, 0.6) is 5.75 Å². The van der Waals surface area contributed by atoms with Gasteiger partial charge in [-0.3, -0.25) is 5.01 Å². The van der Waals surface area contributed by atoms with E-state index >= 15 is 0 Å². The van der Waals surface area contributed by atoms with Gasteiger partial charge in [0.25, 0.3) is 0 Å². The number of hydrogen-bond acceptors (Lipinski definition) is 4. The summed E-state index contributed by atoms with van der Waals surface area (Å²) in [5.74, 6) is 2.28. The summed E-state index contributed by atoms with van der Waals surface area (Å²) in [6.45, 7) is 0. The molecular weight excluding hydrogens is 352 g/mol. The number of benzene rings is 3. The van der Waals surface area contributed by atoms with Crippen LogP contribution in [0.25, 0.3) is 0 Å². The van der Waals surface area contributed by atoms with E-state index in [4.69, 9.17) is 9.84 Å². The number of hydrogen-bond donors (Lipinski definition) is 0. The zero-order valence-electron chi connectivity index (χ0n) is 15.1. The zero-order valence-corrected chi connectivity index (χ0v) is 15.9. The van der Waals surface area contributed by atoms with Crippen LogP contribution in [0.2, 0.25) is 0 Å². The molecule has 0 radical (unpaired) electrons. The van der Waals surface area contributed by atoms with Crippen LogP contribution in [0, 0.1) is 5.92 Å². The highest BCUT2D eigenvalue weighted by Gasteiger charge is 2.42. The van der Waals surface area contributed by atoms with E-state index in [1.165, 1.54) is 21.7 Å². The SMILES string of the molecule is COc1ccc([C@@H]2[C@@H]3CSc4ccccc4C3=NN2c2ccccc2)cc1. The summed E-state index contributed by atoms with van der Waals surface area (Å²) in [5, 5.41) is 7.33. The van der Waals surface area contributed by atoms with Crippen LogP contribution in [0.4, 0.5) is 5.69 Å². The first-order chi connectivity index (χ1) is 13.3. The number of fused-ring (bicyclic) bond motifs is 3. The molecule has 2 atom stereocenters. The Morgan fingerprint density at radius 2 is 1.67 bits per heavy atom. The smallest absolute Gasteiger partial charge is 0.118 e. The molecule has 0 amide bonds. The predicted octanol–water partition coefficient (Wildman–Crippen LogP) is 5.38. The van der Waals surface area contributed by atoms with Crippen molar-refractivity contribution < 1.29 is 4.74 Å². The highest BCUT2D eigenvalue weighted by Crippen LogP contribution is 2.47.